The van der Waals surface area contributed by atoms with Crippen LogP contribution in [-0.2, 0) is 16.0 Å². The topological polar surface area (TPSA) is 91.0 Å². The van der Waals surface area contributed by atoms with Crippen molar-refractivity contribution in [2.45, 2.75) is 57.8 Å². The van der Waals surface area contributed by atoms with Gasteiger partial charge in [0.25, 0.3) is 0 Å². The molecule has 9 heteroatoms. The van der Waals surface area contributed by atoms with Crippen molar-refractivity contribution >= 4 is 11.8 Å². The Morgan fingerprint density at radius 2 is 1.89 bits per heavy atom. The SMILES string of the molecule is Cc1n[nH]nc1CC(=O)N1CC(F)C[C@H]1C(=O)N[C@@H](c1ccccc1)c1ccc(C(C)C)c(F)c1. The number of aryl methyl sites for hydroxylation is 1. The molecule has 2 heterocycles. The van der Waals surface area contributed by atoms with Crippen LogP contribution >= 0.6 is 0 Å². The highest BCUT2D eigenvalue weighted by Crippen LogP contribution is 2.28. The molecule has 1 saturated heterocycles. The van der Waals surface area contributed by atoms with Gasteiger partial charge in [-0.05, 0) is 35.6 Å². The first-order chi connectivity index (χ1) is 16.7. The standard InChI is InChI=1S/C26H29F2N5O2/c1-15(2)20-10-9-18(11-21(20)28)25(17-7-5-4-6-8-17)29-26(35)23-12-19(27)14-33(23)24(34)13-22-16(3)30-32-31-22/h4-11,15,19,23,25H,12-14H2,1-3H3,(H,29,35)(H,30,31,32)/t19?,23-,25-/m0/s1. The van der Waals surface area contributed by atoms with E-state index in [4.69, 9.17) is 0 Å². The molecule has 1 aliphatic heterocycles. The molecule has 1 aromatic heterocycles. The van der Waals surface area contributed by atoms with E-state index in [-0.39, 0.29) is 31.1 Å². The molecule has 4 rings (SSSR count). The normalized spacial score (nSPS) is 18.6. The summed E-state index contributed by atoms with van der Waals surface area (Å²) >= 11 is 0. The smallest absolute Gasteiger partial charge is 0.243 e. The van der Waals surface area contributed by atoms with Crippen LogP contribution in [0.5, 0.6) is 0 Å². The summed E-state index contributed by atoms with van der Waals surface area (Å²) in [6, 6.07) is 12.5. The zero-order chi connectivity index (χ0) is 25.1. The highest BCUT2D eigenvalue weighted by atomic mass is 19.1. The number of carbonyl (C=O) groups is 2. The number of hydrogen-bond donors (Lipinski definition) is 2. The van der Waals surface area contributed by atoms with Gasteiger partial charge in [0.1, 0.15) is 18.0 Å². The molecule has 1 fully saturated rings. The largest absolute Gasteiger partial charge is 0.343 e. The third-order valence-electron chi connectivity index (χ3n) is 6.41. The number of rotatable bonds is 7. The van der Waals surface area contributed by atoms with E-state index in [1.165, 1.54) is 11.0 Å². The second kappa shape index (κ2) is 10.3. The van der Waals surface area contributed by atoms with Crippen LogP contribution in [-0.4, -0.2) is 50.9 Å². The van der Waals surface area contributed by atoms with Crippen molar-refractivity contribution in [3.8, 4) is 0 Å². The first-order valence-corrected chi connectivity index (χ1v) is 11.7. The average Bonchev–Trinajstić information content (AvgIpc) is 3.42. The number of carbonyl (C=O) groups excluding carboxylic acids is 2. The number of aromatic nitrogens is 3. The maximum atomic E-state index is 14.8. The summed E-state index contributed by atoms with van der Waals surface area (Å²) in [7, 11) is 0. The minimum atomic E-state index is -1.31. The lowest BCUT2D eigenvalue weighted by Gasteiger charge is -2.27. The van der Waals surface area contributed by atoms with Gasteiger partial charge in [0.05, 0.1) is 30.4 Å². The van der Waals surface area contributed by atoms with E-state index in [0.717, 1.165) is 5.56 Å². The van der Waals surface area contributed by atoms with E-state index in [0.29, 0.717) is 22.5 Å². The molecule has 2 amide bonds. The summed E-state index contributed by atoms with van der Waals surface area (Å²) in [5.41, 5.74) is 2.94. The highest BCUT2D eigenvalue weighted by molar-refractivity contribution is 5.89. The van der Waals surface area contributed by atoms with E-state index >= 15 is 0 Å². The molecule has 2 N–H and O–H groups in total. The van der Waals surface area contributed by atoms with Gasteiger partial charge in [0.15, 0.2) is 0 Å². The minimum absolute atomic E-state index is 0.0155. The van der Waals surface area contributed by atoms with E-state index in [9.17, 15) is 18.4 Å². The molecule has 2 aromatic carbocycles. The first kappa shape index (κ1) is 24.5. The number of nitrogens with zero attached hydrogens (tertiary/aromatic N) is 3. The fraction of sp³-hybridized carbons (Fsp3) is 0.385. The van der Waals surface area contributed by atoms with Crippen LogP contribution in [0.25, 0.3) is 0 Å². The molecule has 35 heavy (non-hydrogen) atoms. The maximum Gasteiger partial charge on any atom is 0.243 e. The van der Waals surface area contributed by atoms with Crippen molar-refractivity contribution in [1.29, 1.82) is 0 Å². The van der Waals surface area contributed by atoms with Crippen molar-refractivity contribution in [3.63, 3.8) is 0 Å². The Kier molecular flexibility index (Phi) is 7.23. The molecule has 0 saturated carbocycles. The number of halogens is 2. The molecular formula is C26H29F2N5O2. The van der Waals surface area contributed by atoms with Gasteiger partial charge in [-0.3, -0.25) is 9.59 Å². The minimum Gasteiger partial charge on any atom is -0.343 e. The number of H-pyrrole nitrogens is 1. The fourth-order valence-electron chi connectivity index (χ4n) is 4.46. The van der Waals surface area contributed by atoms with Gasteiger partial charge >= 0.3 is 0 Å². The Hall–Kier alpha value is -3.62. The zero-order valence-electron chi connectivity index (χ0n) is 20.0. The molecule has 0 bridgehead atoms. The first-order valence-electron chi connectivity index (χ1n) is 11.7. The second-order valence-corrected chi connectivity index (χ2v) is 9.22. The van der Waals surface area contributed by atoms with Gasteiger partial charge < -0.3 is 10.2 Å². The predicted octanol–water partition coefficient (Wildman–Crippen LogP) is 3.76. The fourth-order valence-corrected chi connectivity index (χ4v) is 4.46. The summed E-state index contributed by atoms with van der Waals surface area (Å²) in [6.45, 7) is 5.37. The number of alkyl halides is 1. The van der Waals surface area contributed by atoms with Crippen LogP contribution in [0.4, 0.5) is 8.78 Å². The summed E-state index contributed by atoms with van der Waals surface area (Å²) in [6.07, 6.45) is -1.49. The monoisotopic (exact) mass is 481 g/mol. The van der Waals surface area contributed by atoms with Gasteiger partial charge in [0.2, 0.25) is 11.8 Å². The highest BCUT2D eigenvalue weighted by Gasteiger charge is 2.40. The number of benzene rings is 2. The molecule has 7 nitrogen and oxygen atoms in total. The molecule has 1 aliphatic rings. The van der Waals surface area contributed by atoms with Crippen LogP contribution < -0.4 is 5.32 Å². The second-order valence-electron chi connectivity index (χ2n) is 9.22. The molecular weight excluding hydrogens is 452 g/mol. The van der Waals surface area contributed by atoms with E-state index < -0.39 is 30.1 Å². The van der Waals surface area contributed by atoms with Gasteiger partial charge in [0, 0.05) is 6.42 Å². The van der Waals surface area contributed by atoms with Crippen molar-refractivity contribution in [2.75, 3.05) is 6.54 Å². The van der Waals surface area contributed by atoms with Gasteiger partial charge in [-0.25, -0.2) is 8.78 Å². The lowest BCUT2D eigenvalue weighted by molar-refractivity contribution is -0.138. The molecule has 184 valence electrons. The number of amides is 2. The van der Waals surface area contributed by atoms with Gasteiger partial charge in [-0.15, -0.1) is 0 Å². The molecule has 0 spiro atoms. The number of hydrogen-bond acceptors (Lipinski definition) is 4. The van der Waals surface area contributed by atoms with Crippen LogP contribution in [0, 0.1) is 12.7 Å². The Morgan fingerprint density at radius 1 is 1.14 bits per heavy atom. The van der Waals surface area contributed by atoms with E-state index in [1.54, 1.807) is 19.1 Å². The third kappa shape index (κ3) is 5.39. The predicted molar refractivity (Wildman–Crippen MR) is 127 cm³/mol. The summed E-state index contributed by atoms with van der Waals surface area (Å²) in [4.78, 5) is 27.6. The lowest BCUT2D eigenvalue weighted by atomic mass is 9.94. The molecule has 1 unspecified atom stereocenters. The number of nitrogens with one attached hydrogen (secondary N) is 2. The van der Waals surface area contributed by atoms with Crippen LogP contribution in [0.15, 0.2) is 48.5 Å². The van der Waals surface area contributed by atoms with Gasteiger partial charge in [-0.1, -0.05) is 56.3 Å². The van der Waals surface area contributed by atoms with E-state index in [2.05, 4.69) is 20.7 Å². The molecule has 0 aliphatic carbocycles. The van der Waals surface area contributed by atoms with Crippen LogP contribution in [0.2, 0.25) is 0 Å². The third-order valence-corrected chi connectivity index (χ3v) is 6.41. The summed E-state index contributed by atoms with van der Waals surface area (Å²) in [5.74, 6) is -1.22. The molecule has 3 atom stereocenters. The number of likely N-dealkylation sites (tertiary alicyclic amines) is 1. The van der Waals surface area contributed by atoms with Crippen molar-refractivity contribution in [3.05, 3.63) is 82.4 Å². The quantitative estimate of drug-likeness (QED) is 0.538. The average molecular weight is 482 g/mol. The maximum absolute atomic E-state index is 14.8. The lowest BCUT2D eigenvalue weighted by Crippen LogP contribution is -2.47. The zero-order valence-corrected chi connectivity index (χ0v) is 20.0. The Bertz CT molecular complexity index is 1200. The number of aromatic amines is 1. The van der Waals surface area contributed by atoms with Gasteiger partial charge in [-0.2, -0.15) is 15.4 Å². The Labute approximate surface area is 202 Å². The molecule has 0 radical (unpaired) electrons. The van der Waals surface area contributed by atoms with Crippen LogP contribution in [0.3, 0.4) is 0 Å². The van der Waals surface area contributed by atoms with Crippen molar-refractivity contribution in [2.24, 2.45) is 0 Å². The van der Waals surface area contributed by atoms with Crippen molar-refractivity contribution < 1.29 is 18.4 Å². The molecule has 3 aromatic rings. The summed E-state index contributed by atoms with van der Waals surface area (Å²) < 4.78 is 29.2. The Morgan fingerprint density at radius 3 is 2.51 bits per heavy atom. The van der Waals surface area contributed by atoms with E-state index in [1.807, 2.05) is 44.2 Å². The van der Waals surface area contributed by atoms with Crippen molar-refractivity contribution in [1.82, 2.24) is 25.6 Å². The van der Waals surface area contributed by atoms with Crippen LogP contribution in [0.1, 0.15) is 60.3 Å². The Balaban J connectivity index is 1.59. The summed E-state index contributed by atoms with van der Waals surface area (Å²) in [5, 5.41) is 13.3.